The van der Waals surface area contributed by atoms with Gasteiger partial charge in [0.15, 0.2) is 4.32 Å². The first-order valence-electron chi connectivity index (χ1n) is 8.33. The maximum atomic E-state index is 12.6. The molecule has 0 radical (unpaired) electrons. The third-order valence-corrected chi connectivity index (χ3v) is 5.25. The highest BCUT2D eigenvalue weighted by atomic mass is 32.2. The van der Waals surface area contributed by atoms with Gasteiger partial charge in [-0.1, -0.05) is 54.2 Å². The molecule has 0 saturated carbocycles. The fourth-order valence-electron chi connectivity index (χ4n) is 2.53. The Morgan fingerprint density at radius 2 is 1.81 bits per heavy atom. The first kappa shape index (κ1) is 19.1. The van der Waals surface area contributed by atoms with Crippen LogP contribution in [0, 0.1) is 0 Å². The molecule has 1 aliphatic heterocycles. The van der Waals surface area contributed by atoms with Gasteiger partial charge in [-0.2, -0.15) is 5.01 Å². The summed E-state index contributed by atoms with van der Waals surface area (Å²) in [6.45, 7) is 0. The van der Waals surface area contributed by atoms with Crippen LogP contribution in [0.2, 0.25) is 0 Å². The molecule has 2 amide bonds. The van der Waals surface area contributed by atoms with E-state index in [2.05, 4.69) is 5.43 Å². The van der Waals surface area contributed by atoms with E-state index in [1.807, 2.05) is 73.6 Å². The van der Waals surface area contributed by atoms with Crippen LogP contribution < -0.4 is 10.3 Å². The maximum Gasteiger partial charge on any atom is 0.285 e. The van der Waals surface area contributed by atoms with E-state index in [0.717, 1.165) is 21.8 Å². The molecule has 27 heavy (non-hydrogen) atoms. The van der Waals surface area contributed by atoms with Crippen molar-refractivity contribution in [2.24, 2.45) is 0 Å². The summed E-state index contributed by atoms with van der Waals surface area (Å²) in [6, 6.07) is 17.2. The van der Waals surface area contributed by atoms with E-state index >= 15 is 0 Å². The fourth-order valence-corrected chi connectivity index (χ4v) is 3.71. The van der Waals surface area contributed by atoms with Crippen LogP contribution >= 0.6 is 24.0 Å². The molecule has 0 unspecified atom stereocenters. The van der Waals surface area contributed by atoms with Crippen LogP contribution in [0.25, 0.3) is 6.08 Å². The average molecular weight is 398 g/mol. The molecule has 138 valence electrons. The number of thiocarbonyl (C=S) groups is 1. The molecule has 1 aliphatic rings. The minimum Gasteiger partial charge on any atom is -0.378 e. The predicted octanol–water partition coefficient (Wildman–Crippen LogP) is 3.23. The Kier molecular flexibility index (Phi) is 5.93. The van der Waals surface area contributed by atoms with E-state index < -0.39 is 0 Å². The molecule has 1 fully saturated rings. The molecular weight excluding hydrogens is 378 g/mol. The SMILES string of the molecule is CN(C)c1ccc(C=C2SC(=S)N(NC(=O)Cc3ccccc3)C2=O)cc1. The third-order valence-electron chi connectivity index (χ3n) is 3.94. The fraction of sp³-hybridized carbons (Fsp3) is 0.150. The summed E-state index contributed by atoms with van der Waals surface area (Å²) in [5, 5.41) is 1.14. The van der Waals surface area contributed by atoms with Crippen molar-refractivity contribution in [3.63, 3.8) is 0 Å². The van der Waals surface area contributed by atoms with Crippen molar-refractivity contribution in [1.29, 1.82) is 0 Å². The highest BCUT2D eigenvalue weighted by Crippen LogP contribution is 2.31. The molecule has 5 nitrogen and oxygen atoms in total. The minimum absolute atomic E-state index is 0.183. The Labute approximate surface area is 168 Å². The zero-order chi connectivity index (χ0) is 19.4. The topological polar surface area (TPSA) is 52.6 Å². The van der Waals surface area contributed by atoms with Gasteiger partial charge in [0.25, 0.3) is 5.91 Å². The van der Waals surface area contributed by atoms with Gasteiger partial charge in [0.05, 0.1) is 11.3 Å². The summed E-state index contributed by atoms with van der Waals surface area (Å²) in [4.78, 5) is 27.3. The minimum atomic E-state index is -0.317. The summed E-state index contributed by atoms with van der Waals surface area (Å²) < 4.78 is 0.317. The Hall–Kier alpha value is -2.64. The Balaban J connectivity index is 1.68. The van der Waals surface area contributed by atoms with Crippen molar-refractivity contribution in [2.75, 3.05) is 19.0 Å². The first-order chi connectivity index (χ1) is 12.9. The van der Waals surface area contributed by atoms with E-state index in [4.69, 9.17) is 12.2 Å². The lowest BCUT2D eigenvalue weighted by atomic mass is 10.1. The van der Waals surface area contributed by atoms with Crippen LogP contribution in [0.3, 0.4) is 0 Å². The molecule has 0 bridgehead atoms. The van der Waals surface area contributed by atoms with Crippen molar-refractivity contribution >= 4 is 51.9 Å². The number of nitrogens with one attached hydrogen (secondary N) is 1. The van der Waals surface area contributed by atoms with Crippen LogP contribution in [0.5, 0.6) is 0 Å². The molecule has 7 heteroatoms. The highest BCUT2D eigenvalue weighted by Gasteiger charge is 2.33. The molecule has 1 saturated heterocycles. The van der Waals surface area contributed by atoms with Crippen LogP contribution in [0.4, 0.5) is 5.69 Å². The second-order valence-corrected chi connectivity index (χ2v) is 7.88. The van der Waals surface area contributed by atoms with Crippen molar-refractivity contribution in [1.82, 2.24) is 10.4 Å². The molecule has 1 heterocycles. The number of nitrogens with zero attached hydrogens (tertiary/aromatic N) is 2. The number of hydrogen-bond donors (Lipinski definition) is 1. The van der Waals surface area contributed by atoms with Crippen LogP contribution in [-0.4, -0.2) is 35.2 Å². The Morgan fingerprint density at radius 1 is 1.15 bits per heavy atom. The second-order valence-electron chi connectivity index (χ2n) is 6.20. The largest absolute Gasteiger partial charge is 0.378 e. The maximum absolute atomic E-state index is 12.6. The lowest BCUT2D eigenvalue weighted by molar-refractivity contribution is -0.132. The molecule has 1 N–H and O–H groups in total. The molecule has 0 spiro atoms. The van der Waals surface area contributed by atoms with Gasteiger partial charge in [-0.05, 0) is 41.6 Å². The number of rotatable bonds is 5. The summed E-state index contributed by atoms with van der Waals surface area (Å²) in [6.07, 6.45) is 1.96. The van der Waals surface area contributed by atoms with Gasteiger partial charge in [0, 0.05) is 19.8 Å². The summed E-state index contributed by atoms with van der Waals surface area (Å²) in [5.74, 6) is -0.600. The zero-order valence-electron chi connectivity index (χ0n) is 15.0. The molecule has 2 aromatic rings. The Morgan fingerprint density at radius 3 is 2.44 bits per heavy atom. The summed E-state index contributed by atoms with van der Waals surface area (Å²) in [7, 11) is 3.94. The van der Waals surface area contributed by atoms with E-state index in [1.54, 1.807) is 6.08 Å². The number of hydrazine groups is 1. The van der Waals surface area contributed by atoms with Crippen LogP contribution in [0.1, 0.15) is 11.1 Å². The van der Waals surface area contributed by atoms with E-state index in [9.17, 15) is 9.59 Å². The van der Waals surface area contributed by atoms with Gasteiger partial charge >= 0.3 is 0 Å². The number of carbonyl (C=O) groups excluding carboxylic acids is 2. The van der Waals surface area contributed by atoms with E-state index in [-0.39, 0.29) is 18.2 Å². The Bertz CT molecular complexity index is 893. The zero-order valence-corrected chi connectivity index (χ0v) is 16.6. The van der Waals surface area contributed by atoms with Crippen LogP contribution in [0.15, 0.2) is 59.5 Å². The quantitative estimate of drug-likeness (QED) is 0.620. The summed E-state index contributed by atoms with van der Waals surface area (Å²) in [5.41, 5.74) is 5.45. The number of hydrogen-bond acceptors (Lipinski definition) is 5. The van der Waals surface area contributed by atoms with Gasteiger partial charge in [-0.15, -0.1) is 0 Å². The smallest absolute Gasteiger partial charge is 0.285 e. The van der Waals surface area contributed by atoms with Crippen LogP contribution in [-0.2, 0) is 16.0 Å². The first-order valence-corrected chi connectivity index (χ1v) is 9.55. The van der Waals surface area contributed by atoms with Crippen molar-refractivity contribution in [3.05, 3.63) is 70.6 Å². The molecular formula is C20H19N3O2S2. The lowest BCUT2D eigenvalue weighted by Gasteiger charge is -2.15. The summed E-state index contributed by atoms with van der Waals surface area (Å²) >= 11 is 6.43. The monoisotopic (exact) mass is 397 g/mol. The molecule has 0 atom stereocenters. The lowest BCUT2D eigenvalue weighted by Crippen LogP contribution is -2.45. The number of carbonyl (C=O) groups is 2. The third kappa shape index (κ3) is 4.75. The van der Waals surface area contributed by atoms with Gasteiger partial charge < -0.3 is 4.90 Å². The van der Waals surface area contributed by atoms with Crippen molar-refractivity contribution in [2.45, 2.75) is 6.42 Å². The van der Waals surface area contributed by atoms with Gasteiger partial charge in [-0.25, -0.2) is 0 Å². The normalized spacial score (nSPS) is 15.3. The number of benzene rings is 2. The second kappa shape index (κ2) is 8.37. The predicted molar refractivity (Wildman–Crippen MR) is 114 cm³/mol. The molecule has 2 aromatic carbocycles. The molecule has 0 aliphatic carbocycles. The van der Waals surface area contributed by atoms with E-state index in [0.29, 0.717) is 9.23 Å². The number of thioether (sulfide) groups is 1. The highest BCUT2D eigenvalue weighted by molar-refractivity contribution is 8.26. The number of amides is 2. The van der Waals surface area contributed by atoms with Gasteiger partial charge in [-0.3, -0.25) is 15.0 Å². The standard InChI is InChI=1S/C20H19N3O2S2/c1-22(2)16-10-8-15(9-11-16)12-17-19(25)23(20(26)27-17)21-18(24)13-14-6-4-3-5-7-14/h3-12H,13H2,1-2H3,(H,21,24). The molecule has 3 rings (SSSR count). The van der Waals surface area contributed by atoms with Gasteiger partial charge in [0.2, 0.25) is 5.91 Å². The molecule has 0 aromatic heterocycles. The van der Waals surface area contributed by atoms with E-state index in [1.165, 1.54) is 11.8 Å². The van der Waals surface area contributed by atoms with Gasteiger partial charge in [0.1, 0.15) is 0 Å². The number of anilines is 1. The van der Waals surface area contributed by atoms with Crippen molar-refractivity contribution < 1.29 is 9.59 Å². The van der Waals surface area contributed by atoms with Crippen molar-refractivity contribution in [3.8, 4) is 0 Å². The average Bonchev–Trinajstić information content (AvgIpc) is 2.90.